The van der Waals surface area contributed by atoms with E-state index in [1.54, 1.807) is 19.6 Å². The Kier molecular flexibility index (Phi) is 7.11. The highest BCUT2D eigenvalue weighted by Crippen LogP contribution is 2.01. The van der Waals surface area contributed by atoms with Crippen molar-refractivity contribution in [3.63, 3.8) is 0 Å². The highest BCUT2D eigenvalue weighted by Gasteiger charge is 1.99. The molecule has 6 heteroatoms. The molecule has 0 fully saturated rings. The third-order valence-corrected chi connectivity index (χ3v) is 3.05. The molecule has 2 heterocycles. The van der Waals surface area contributed by atoms with Crippen LogP contribution >= 0.6 is 0 Å². The van der Waals surface area contributed by atoms with E-state index < -0.39 is 0 Å². The monoisotopic (exact) mass is 305 g/mol. The predicted octanol–water partition coefficient (Wildman–Crippen LogP) is 2.19. The third kappa shape index (κ3) is 6.05. The average molecular weight is 305 g/mol. The Hall–Kier alpha value is -2.21. The van der Waals surface area contributed by atoms with Crippen LogP contribution in [-0.4, -0.2) is 32.7 Å². The van der Waals surface area contributed by atoms with Gasteiger partial charge in [-0.2, -0.15) is 0 Å². The number of hydrogen-bond acceptors (Lipinski definition) is 4. The van der Waals surface area contributed by atoms with Crippen LogP contribution in [0, 0.1) is 0 Å². The Bertz CT molecular complexity index is 521. The Morgan fingerprint density at radius 1 is 1.09 bits per heavy atom. The van der Waals surface area contributed by atoms with Crippen LogP contribution in [0.1, 0.15) is 17.9 Å². The minimum absolute atomic E-state index is 0.517. The summed E-state index contributed by atoms with van der Waals surface area (Å²) >= 11 is 0. The van der Waals surface area contributed by atoms with Crippen LogP contribution in [0.4, 0.5) is 0 Å². The molecule has 0 amide bonds. The van der Waals surface area contributed by atoms with E-state index in [1.807, 2.05) is 24.3 Å². The lowest BCUT2D eigenvalue weighted by atomic mass is 10.3. The summed E-state index contributed by atoms with van der Waals surface area (Å²) in [6, 6.07) is 7.63. The number of guanidine groups is 1. The number of nitrogens with zero attached hydrogens (tertiary/aromatic N) is 1. The van der Waals surface area contributed by atoms with Gasteiger partial charge in [0.15, 0.2) is 5.96 Å². The lowest BCUT2D eigenvalue weighted by Gasteiger charge is -2.11. The van der Waals surface area contributed by atoms with E-state index in [4.69, 9.17) is 13.6 Å². The second-order valence-electron chi connectivity index (χ2n) is 4.74. The Labute approximate surface area is 130 Å². The van der Waals surface area contributed by atoms with E-state index in [0.29, 0.717) is 13.2 Å². The van der Waals surface area contributed by atoms with Crippen LogP contribution in [0.3, 0.4) is 0 Å². The van der Waals surface area contributed by atoms with Gasteiger partial charge in [-0.05, 0) is 30.7 Å². The zero-order valence-electron chi connectivity index (χ0n) is 12.9. The van der Waals surface area contributed by atoms with Gasteiger partial charge < -0.3 is 24.2 Å². The molecule has 0 aromatic carbocycles. The summed E-state index contributed by atoms with van der Waals surface area (Å²) in [6.45, 7) is 2.78. The SMILES string of the molecule is CN=C(NCCCOCc1ccco1)NCCc1ccco1. The van der Waals surface area contributed by atoms with Crippen LogP contribution in [0.25, 0.3) is 0 Å². The molecule has 120 valence electrons. The second kappa shape index (κ2) is 9.68. The van der Waals surface area contributed by atoms with Gasteiger partial charge >= 0.3 is 0 Å². The van der Waals surface area contributed by atoms with Crippen molar-refractivity contribution in [2.75, 3.05) is 26.7 Å². The molecule has 0 spiro atoms. The Balaban J connectivity index is 1.49. The summed E-state index contributed by atoms with van der Waals surface area (Å²) in [5, 5.41) is 6.49. The third-order valence-electron chi connectivity index (χ3n) is 3.05. The molecule has 0 aliphatic carbocycles. The molecule has 0 aliphatic heterocycles. The smallest absolute Gasteiger partial charge is 0.190 e. The molecule has 2 aromatic heterocycles. The maximum absolute atomic E-state index is 5.52. The Morgan fingerprint density at radius 2 is 1.82 bits per heavy atom. The summed E-state index contributed by atoms with van der Waals surface area (Å²) in [7, 11) is 1.76. The lowest BCUT2D eigenvalue weighted by molar-refractivity contribution is 0.105. The Morgan fingerprint density at radius 3 is 2.50 bits per heavy atom. The highest BCUT2D eigenvalue weighted by atomic mass is 16.5. The first kappa shape index (κ1) is 16.2. The molecule has 0 bridgehead atoms. The fourth-order valence-corrected chi connectivity index (χ4v) is 1.93. The number of ether oxygens (including phenoxy) is 1. The molecule has 0 unspecified atom stereocenters. The van der Waals surface area contributed by atoms with Crippen molar-refractivity contribution >= 4 is 5.96 Å². The van der Waals surface area contributed by atoms with Crippen LogP contribution in [-0.2, 0) is 17.8 Å². The summed E-state index contributed by atoms with van der Waals surface area (Å²) in [4.78, 5) is 4.17. The van der Waals surface area contributed by atoms with Gasteiger partial charge in [0.1, 0.15) is 18.1 Å². The van der Waals surface area contributed by atoms with Crippen molar-refractivity contribution in [2.24, 2.45) is 4.99 Å². The normalized spacial score (nSPS) is 11.6. The maximum atomic E-state index is 5.52. The molecule has 0 radical (unpaired) electrons. The summed E-state index contributed by atoms with van der Waals surface area (Å²) in [6.07, 6.45) is 5.07. The van der Waals surface area contributed by atoms with E-state index in [1.165, 1.54) is 0 Å². The molecule has 6 nitrogen and oxygen atoms in total. The topological polar surface area (TPSA) is 71.9 Å². The summed E-state index contributed by atoms with van der Waals surface area (Å²) in [5.74, 6) is 2.61. The summed E-state index contributed by atoms with van der Waals surface area (Å²) in [5.41, 5.74) is 0. The van der Waals surface area contributed by atoms with Gasteiger partial charge in [-0.3, -0.25) is 4.99 Å². The molecular formula is C16H23N3O3. The largest absolute Gasteiger partial charge is 0.469 e. The van der Waals surface area contributed by atoms with E-state index in [-0.39, 0.29) is 0 Å². The molecule has 0 atom stereocenters. The van der Waals surface area contributed by atoms with Crippen molar-refractivity contribution in [1.82, 2.24) is 10.6 Å². The molecule has 0 aliphatic rings. The highest BCUT2D eigenvalue weighted by molar-refractivity contribution is 5.79. The van der Waals surface area contributed by atoms with Gasteiger partial charge in [0, 0.05) is 33.2 Å². The molecule has 0 saturated heterocycles. The number of furan rings is 2. The standard InChI is InChI=1S/C16H23N3O3/c1-17-16(19-9-7-14-5-2-11-21-14)18-8-4-10-20-13-15-6-3-12-22-15/h2-3,5-6,11-12H,4,7-10,13H2,1H3,(H2,17,18,19). The minimum Gasteiger partial charge on any atom is -0.469 e. The van der Waals surface area contributed by atoms with Crippen molar-refractivity contribution in [1.29, 1.82) is 0 Å². The van der Waals surface area contributed by atoms with Gasteiger partial charge in [0.2, 0.25) is 0 Å². The van der Waals surface area contributed by atoms with Gasteiger partial charge in [0.05, 0.1) is 12.5 Å². The zero-order valence-corrected chi connectivity index (χ0v) is 12.9. The maximum Gasteiger partial charge on any atom is 0.190 e. The number of aliphatic imine (C=N–C) groups is 1. The fourth-order valence-electron chi connectivity index (χ4n) is 1.93. The molecule has 22 heavy (non-hydrogen) atoms. The first-order valence-corrected chi connectivity index (χ1v) is 7.45. The quantitative estimate of drug-likeness (QED) is 0.422. The lowest BCUT2D eigenvalue weighted by Crippen LogP contribution is -2.38. The van der Waals surface area contributed by atoms with Gasteiger partial charge in [0.25, 0.3) is 0 Å². The molecule has 2 N–H and O–H groups in total. The van der Waals surface area contributed by atoms with Gasteiger partial charge in [-0.15, -0.1) is 0 Å². The van der Waals surface area contributed by atoms with E-state index >= 15 is 0 Å². The number of nitrogens with one attached hydrogen (secondary N) is 2. The fraction of sp³-hybridized carbons (Fsp3) is 0.438. The van der Waals surface area contributed by atoms with E-state index in [2.05, 4.69) is 15.6 Å². The second-order valence-corrected chi connectivity index (χ2v) is 4.74. The van der Waals surface area contributed by atoms with E-state index in [9.17, 15) is 0 Å². The van der Waals surface area contributed by atoms with Crippen LogP contribution in [0.2, 0.25) is 0 Å². The first-order valence-electron chi connectivity index (χ1n) is 7.45. The van der Waals surface area contributed by atoms with Gasteiger partial charge in [-0.1, -0.05) is 0 Å². The van der Waals surface area contributed by atoms with E-state index in [0.717, 1.165) is 43.4 Å². The zero-order chi connectivity index (χ0) is 15.5. The average Bonchev–Trinajstić information content (AvgIpc) is 3.22. The van der Waals surface area contributed by atoms with Gasteiger partial charge in [-0.25, -0.2) is 0 Å². The minimum atomic E-state index is 0.517. The van der Waals surface area contributed by atoms with Crippen molar-refractivity contribution in [3.05, 3.63) is 48.3 Å². The van der Waals surface area contributed by atoms with Crippen molar-refractivity contribution in [3.8, 4) is 0 Å². The van der Waals surface area contributed by atoms with Crippen molar-refractivity contribution < 1.29 is 13.6 Å². The molecule has 2 aromatic rings. The predicted molar refractivity (Wildman–Crippen MR) is 84.8 cm³/mol. The van der Waals surface area contributed by atoms with Crippen LogP contribution in [0.15, 0.2) is 50.6 Å². The van der Waals surface area contributed by atoms with Crippen LogP contribution in [0.5, 0.6) is 0 Å². The molecule has 2 rings (SSSR count). The molecule has 0 saturated carbocycles. The molecular weight excluding hydrogens is 282 g/mol. The summed E-state index contributed by atoms with van der Waals surface area (Å²) < 4.78 is 16.0. The van der Waals surface area contributed by atoms with Crippen molar-refractivity contribution in [2.45, 2.75) is 19.4 Å². The van der Waals surface area contributed by atoms with Crippen LogP contribution < -0.4 is 10.6 Å². The first-order chi connectivity index (χ1) is 10.9. The number of rotatable bonds is 9. The number of hydrogen-bond donors (Lipinski definition) is 2.